The van der Waals surface area contributed by atoms with E-state index in [1.807, 2.05) is 25.1 Å². The van der Waals surface area contributed by atoms with Gasteiger partial charge in [-0.15, -0.1) is 0 Å². The van der Waals surface area contributed by atoms with E-state index < -0.39 is 0 Å². The number of ether oxygens (including phenoxy) is 1. The molecule has 1 fully saturated rings. The Balaban J connectivity index is 1.35. The van der Waals surface area contributed by atoms with Crippen molar-refractivity contribution < 1.29 is 19.4 Å². The number of aliphatic hydroxyl groups is 1. The number of carbonyl (C=O) groups is 2. The number of amides is 3. The van der Waals surface area contributed by atoms with Gasteiger partial charge in [0.1, 0.15) is 6.10 Å². The summed E-state index contributed by atoms with van der Waals surface area (Å²) in [6.07, 6.45) is 5.12. The van der Waals surface area contributed by atoms with Crippen LogP contribution in [0.4, 0.5) is 10.5 Å². The molecule has 1 heterocycles. The molecule has 3 amide bonds. The smallest absolute Gasteiger partial charge is 0.319 e. The van der Waals surface area contributed by atoms with Gasteiger partial charge in [0.2, 0.25) is 0 Å². The molecule has 8 heteroatoms. The van der Waals surface area contributed by atoms with E-state index in [1.54, 1.807) is 23.1 Å². The zero-order valence-electron chi connectivity index (χ0n) is 26.2. The van der Waals surface area contributed by atoms with E-state index in [4.69, 9.17) is 4.74 Å². The van der Waals surface area contributed by atoms with Crippen LogP contribution >= 0.6 is 0 Å². The van der Waals surface area contributed by atoms with Gasteiger partial charge in [-0.25, -0.2) is 4.79 Å². The third-order valence-corrected chi connectivity index (χ3v) is 8.88. The molecule has 2 aliphatic rings. The summed E-state index contributed by atoms with van der Waals surface area (Å²) in [5.41, 5.74) is 4.42. The molecule has 44 heavy (non-hydrogen) atoms. The predicted molar refractivity (Wildman–Crippen MR) is 175 cm³/mol. The van der Waals surface area contributed by atoms with Crippen LogP contribution in [0.2, 0.25) is 0 Å². The monoisotopic (exact) mass is 598 g/mol. The number of para-hydroxylation sites is 1. The number of aliphatic hydroxyl groups excluding tert-OH is 1. The number of rotatable bonds is 9. The zero-order valence-corrected chi connectivity index (χ0v) is 26.2. The van der Waals surface area contributed by atoms with E-state index >= 15 is 0 Å². The molecule has 3 atom stereocenters. The third kappa shape index (κ3) is 7.79. The maximum atomic E-state index is 13.8. The van der Waals surface area contributed by atoms with Crippen LogP contribution < -0.4 is 15.4 Å². The van der Waals surface area contributed by atoms with Gasteiger partial charge in [0.05, 0.1) is 23.9 Å². The van der Waals surface area contributed by atoms with Crippen LogP contribution in [0.1, 0.15) is 61.9 Å². The minimum Gasteiger partial charge on any atom is -0.486 e. The lowest BCUT2D eigenvalue weighted by Crippen LogP contribution is -2.50. The summed E-state index contributed by atoms with van der Waals surface area (Å²) in [5.74, 6) is 0.131. The van der Waals surface area contributed by atoms with Crippen molar-refractivity contribution >= 4 is 17.6 Å². The SMILES string of the molecule is C[C@@H]1CN([C@H](C)CO)C(=O)c2cccc(NC(=O)NC3CCCCC3)c2O[C@H]1CN(C)Cc1ccc(-c2ccccc2)cc1. The fraction of sp³-hybridized carbons (Fsp3) is 0.444. The highest BCUT2D eigenvalue weighted by molar-refractivity contribution is 6.01. The highest BCUT2D eigenvalue weighted by Gasteiger charge is 2.34. The summed E-state index contributed by atoms with van der Waals surface area (Å²) in [5, 5.41) is 16.1. The minimum atomic E-state index is -0.358. The second-order valence-electron chi connectivity index (χ2n) is 12.5. The van der Waals surface area contributed by atoms with E-state index in [2.05, 4.69) is 65.9 Å². The van der Waals surface area contributed by atoms with Gasteiger partial charge in [-0.3, -0.25) is 9.69 Å². The molecule has 0 radical (unpaired) electrons. The Bertz CT molecular complexity index is 1390. The molecule has 0 spiro atoms. The van der Waals surface area contributed by atoms with E-state index in [0.29, 0.717) is 30.1 Å². The average molecular weight is 599 g/mol. The summed E-state index contributed by atoms with van der Waals surface area (Å²) in [6.45, 7) is 5.58. The lowest BCUT2D eigenvalue weighted by atomic mass is 9.96. The normalized spacial score (nSPS) is 19.8. The molecular weight excluding hydrogens is 552 g/mol. The number of carbonyl (C=O) groups excluding carboxylic acids is 2. The Labute approximate surface area is 261 Å². The van der Waals surface area contributed by atoms with Gasteiger partial charge in [-0.05, 0) is 55.6 Å². The Morgan fingerprint density at radius 2 is 1.70 bits per heavy atom. The first-order valence-electron chi connectivity index (χ1n) is 15.9. The number of hydrogen-bond donors (Lipinski definition) is 3. The number of nitrogens with zero attached hydrogens (tertiary/aromatic N) is 2. The first kappa shape index (κ1) is 31.5. The maximum absolute atomic E-state index is 13.8. The molecule has 0 bridgehead atoms. The second-order valence-corrected chi connectivity index (χ2v) is 12.5. The van der Waals surface area contributed by atoms with Gasteiger partial charge >= 0.3 is 6.03 Å². The van der Waals surface area contributed by atoms with E-state index in [9.17, 15) is 14.7 Å². The van der Waals surface area contributed by atoms with Gasteiger partial charge in [-0.2, -0.15) is 0 Å². The summed E-state index contributed by atoms with van der Waals surface area (Å²) < 4.78 is 6.69. The van der Waals surface area contributed by atoms with Crippen molar-refractivity contribution in [3.8, 4) is 16.9 Å². The van der Waals surface area contributed by atoms with Crippen molar-refractivity contribution in [1.29, 1.82) is 0 Å². The van der Waals surface area contributed by atoms with Gasteiger partial charge in [0.15, 0.2) is 5.75 Å². The summed E-state index contributed by atoms with van der Waals surface area (Å²) in [4.78, 5) is 30.8. The zero-order chi connectivity index (χ0) is 31.1. The van der Waals surface area contributed by atoms with E-state index in [-0.39, 0.29) is 42.7 Å². The van der Waals surface area contributed by atoms with Gasteiger partial charge in [0.25, 0.3) is 5.91 Å². The molecule has 3 aromatic rings. The lowest BCUT2D eigenvalue weighted by molar-refractivity contribution is 0.0343. The summed E-state index contributed by atoms with van der Waals surface area (Å²) in [6, 6.07) is 23.8. The first-order chi connectivity index (χ1) is 21.3. The van der Waals surface area contributed by atoms with Crippen molar-refractivity contribution in [2.45, 2.75) is 70.7 Å². The fourth-order valence-electron chi connectivity index (χ4n) is 6.27. The van der Waals surface area contributed by atoms with Crippen molar-refractivity contribution in [2.75, 3.05) is 32.1 Å². The molecule has 1 aliphatic heterocycles. The largest absolute Gasteiger partial charge is 0.486 e. The number of urea groups is 1. The summed E-state index contributed by atoms with van der Waals surface area (Å²) in [7, 11) is 2.07. The number of likely N-dealkylation sites (N-methyl/N-ethyl adjacent to an activating group) is 1. The number of nitrogens with one attached hydrogen (secondary N) is 2. The topological polar surface area (TPSA) is 94.1 Å². The summed E-state index contributed by atoms with van der Waals surface area (Å²) >= 11 is 0. The standard InChI is InChI=1S/C36H46N4O4/c1-25-21-40(26(2)24-41)35(42)31-15-10-16-32(38-36(43)37-30-13-8-5-9-14-30)34(31)44-33(25)23-39(3)22-27-17-19-29(20-18-27)28-11-6-4-7-12-28/h4,6-7,10-12,15-20,25-26,30,33,41H,5,8-9,13-14,21-24H2,1-3H3,(H2,37,38,43)/t25-,26-,33+/m1/s1. The number of benzene rings is 3. The predicted octanol–water partition coefficient (Wildman–Crippen LogP) is 6.16. The van der Waals surface area contributed by atoms with Crippen LogP contribution in [-0.2, 0) is 6.54 Å². The van der Waals surface area contributed by atoms with Gasteiger partial charge in [-0.1, -0.05) is 86.8 Å². The Hall–Kier alpha value is -3.88. The minimum absolute atomic E-state index is 0.0341. The molecule has 3 aromatic carbocycles. The number of anilines is 1. The van der Waals surface area contributed by atoms with Crippen LogP contribution in [0.5, 0.6) is 5.75 Å². The van der Waals surface area contributed by atoms with Crippen LogP contribution in [0.25, 0.3) is 11.1 Å². The molecule has 3 N–H and O–H groups in total. The maximum Gasteiger partial charge on any atom is 0.319 e. The second kappa shape index (κ2) is 14.7. The molecule has 0 saturated heterocycles. The van der Waals surface area contributed by atoms with Crippen molar-refractivity contribution in [2.24, 2.45) is 5.92 Å². The fourth-order valence-corrected chi connectivity index (χ4v) is 6.27. The highest BCUT2D eigenvalue weighted by Crippen LogP contribution is 2.35. The Kier molecular flexibility index (Phi) is 10.6. The quantitative estimate of drug-likeness (QED) is 0.274. The Morgan fingerprint density at radius 3 is 2.41 bits per heavy atom. The van der Waals surface area contributed by atoms with Gasteiger partial charge in [0, 0.05) is 31.6 Å². The third-order valence-electron chi connectivity index (χ3n) is 8.88. The average Bonchev–Trinajstić information content (AvgIpc) is 3.04. The molecular formula is C36H46N4O4. The first-order valence-corrected chi connectivity index (χ1v) is 15.9. The Morgan fingerprint density at radius 1 is 1.00 bits per heavy atom. The molecule has 8 nitrogen and oxygen atoms in total. The molecule has 0 aromatic heterocycles. The van der Waals surface area contributed by atoms with Crippen LogP contribution in [0.15, 0.2) is 72.8 Å². The van der Waals surface area contributed by atoms with E-state index in [0.717, 1.165) is 32.2 Å². The van der Waals surface area contributed by atoms with Gasteiger partial charge < -0.3 is 25.4 Å². The number of fused-ring (bicyclic) bond motifs is 1. The van der Waals surface area contributed by atoms with E-state index in [1.165, 1.54) is 23.1 Å². The molecule has 1 saturated carbocycles. The molecule has 234 valence electrons. The lowest BCUT2D eigenvalue weighted by Gasteiger charge is -2.38. The molecule has 0 unspecified atom stereocenters. The highest BCUT2D eigenvalue weighted by atomic mass is 16.5. The number of hydrogen-bond acceptors (Lipinski definition) is 5. The van der Waals surface area contributed by atoms with Crippen molar-refractivity contribution in [1.82, 2.24) is 15.1 Å². The van der Waals surface area contributed by atoms with Crippen molar-refractivity contribution in [3.63, 3.8) is 0 Å². The molecule has 1 aliphatic carbocycles. The van der Waals surface area contributed by atoms with Crippen LogP contribution in [0, 0.1) is 5.92 Å². The van der Waals surface area contributed by atoms with Crippen LogP contribution in [-0.4, -0.2) is 71.8 Å². The van der Waals surface area contributed by atoms with Crippen molar-refractivity contribution in [3.05, 3.63) is 83.9 Å². The van der Waals surface area contributed by atoms with Crippen LogP contribution in [0.3, 0.4) is 0 Å². The molecule has 5 rings (SSSR count).